The van der Waals surface area contributed by atoms with Gasteiger partial charge in [-0.15, -0.1) is 0 Å². The van der Waals surface area contributed by atoms with E-state index in [1.807, 2.05) is 38.1 Å². The minimum Gasteiger partial charge on any atom is -0.496 e. The van der Waals surface area contributed by atoms with E-state index >= 15 is 0 Å². The summed E-state index contributed by atoms with van der Waals surface area (Å²) < 4.78 is 5.41. The third kappa shape index (κ3) is 3.39. The average molecular weight is 289 g/mol. The molecule has 2 rings (SSSR count). The Morgan fingerprint density at radius 3 is 2.57 bits per heavy atom. The predicted molar refractivity (Wildman–Crippen MR) is 85.6 cm³/mol. The zero-order valence-electron chi connectivity index (χ0n) is 13.6. The molecule has 1 saturated carbocycles. The van der Waals surface area contributed by atoms with Gasteiger partial charge in [0.2, 0.25) is 5.91 Å². The van der Waals surface area contributed by atoms with Crippen LogP contribution in [0.5, 0.6) is 5.75 Å². The number of hydrogen-bond donors (Lipinski definition) is 1. The predicted octanol–water partition coefficient (Wildman–Crippen LogP) is 3.67. The van der Waals surface area contributed by atoms with Crippen LogP contribution >= 0.6 is 0 Å². The number of hydrogen-bond acceptors (Lipinski definition) is 2. The van der Waals surface area contributed by atoms with Gasteiger partial charge in [-0.2, -0.15) is 0 Å². The van der Waals surface area contributed by atoms with E-state index in [1.165, 1.54) is 19.3 Å². The Morgan fingerprint density at radius 1 is 1.24 bits per heavy atom. The maximum Gasteiger partial charge on any atom is 0.230 e. The Bertz CT molecular complexity index is 496. The van der Waals surface area contributed by atoms with Gasteiger partial charge in [0.25, 0.3) is 0 Å². The summed E-state index contributed by atoms with van der Waals surface area (Å²) in [5.41, 5.74) is 0.345. The minimum absolute atomic E-state index is 0.0887. The first kappa shape index (κ1) is 15.9. The quantitative estimate of drug-likeness (QED) is 0.918. The van der Waals surface area contributed by atoms with Crippen LogP contribution in [0.2, 0.25) is 0 Å². The normalized spacial score (nSPS) is 22.7. The SMILES string of the molecule is COc1ccccc1C(C)(C)C(=O)NC1CCCCC1C. The second-order valence-electron chi connectivity index (χ2n) is 6.67. The number of amides is 1. The number of methoxy groups -OCH3 is 1. The molecule has 0 saturated heterocycles. The van der Waals surface area contributed by atoms with E-state index in [0.717, 1.165) is 17.7 Å². The van der Waals surface area contributed by atoms with E-state index in [-0.39, 0.29) is 5.91 Å². The highest BCUT2D eigenvalue weighted by atomic mass is 16.5. The molecular formula is C18H27NO2. The van der Waals surface area contributed by atoms with Crippen LogP contribution in [0.25, 0.3) is 0 Å². The van der Waals surface area contributed by atoms with E-state index in [4.69, 9.17) is 4.74 Å². The fourth-order valence-electron chi connectivity index (χ4n) is 3.16. The molecule has 1 amide bonds. The Hall–Kier alpha value is -1.51. The van der Waals surface area contributed by atoms with E-state index in [0.29, 0.717) is 12.0 Å². The van der Waals surface area contributed by atoms with Crippen LogP contribution in [0.3, 0.4) is 0 Å². The highest BCUT2D eigenvalue weighted by Crippen LogP contribution is 2.32. The molecule has 2 unspecified atom stereocenters. The smallest absolute Gasteiger partial charge is 0.230 e. The molecule has 1 fully saturated rings. The van der Waals surface area contributed by atoms with Gasteiger partial charge in [-0.3, -0.25) is 4.79 Å². The molecular weight excluding hydrogens is 262 g/mol. The molecule has 2 atom stereocenters. The van der Waals surface area contributed by atoms with Crippen molar-refractivity contribution < 1.29 is 9.53 Å². The minimum atomic E-state index is -0.593. The van der Waals surface area contributed by atoms with Gasteiger partial charge in [0.05, 0.1) is 12.5 Å². The van der Waals surface area contributed by atoms with Crippen molar-refractivity contribution in [1.29, 1.82) is 0 Å². The first-order valence-electron chi connectivity index (χ1n) is 7.91. The molecule has 3 heteroatoms. The van der Waals surface area contributed by atoms with Crippen molar-refractivity contribution in [3.8, 4) is 5.75 Å². The molecule has 0 heterocycles. The lowest BCUT2D eigenvalue weighted by molar-refractivity contribution is -0.127. The van der Waals surface area contributed by atoms with E-state index in [1.54, 1.807) is 7.11 Å². The van der Waals surface area contributed by atoms with Gasteiger partial charge in [0.1, 0.15) is 5.75 Å². The molecule has 1 aromatic rings. The maximum absolute atomic E-state index is 12.8. The van der Waals surface area contributed by atoms with Gasteiger partial charge in [0.15, 0.2) is 0 Å². The molecule has 1 N–H and O–H groups in total. The number of benzene rings is 1. The van der Waals surface area contributed by atoms with Crippen LogP contribution < -0.4 is 10.1 Å². The third-order valence-corrected chi connectivity index (χ3v) is 4.78. The lowest BCUT2D eigenvalue weighted by Crippen LogP contribution is -2.48. The van der Waals surface area contributed by atoms with E-state index in [9.17, 15) is 4.79 Å². The Kier molecular flexibility index (Phi) is 4.92. The van der Waals surface area contributed by atoms with Crippen LogP contribution in [0.15, 0.2) is 24.3 Å². The summed E-state index contributed by atoms with van der Waals surface area (Å²) in [6, 6.07) is 8.08. The van der Waals surface area contributed by atoms with Gasteiger partial charge < -0.3 is 10.1 Å². The highest BCUT2D eigenvalue weighted by molar-refractivity contribution is 5.88. The first-order chi connectivity index (χ1) is 9.96. The van der Waals surface area contributed by atoms with Gasteiger partial charge in [-0.1, -0.05) is 38.0 Å². The van der Waals surface area contributed by atoms with Crippen LogP contribution in [-0.4, -0.2) is 19.1 Å². The molecule has 0 bridgehead atoms. The van der Waals surface area contributed by atoms with Crippen LogP contribution in [0.1, 0.15) is 52.0 Å². The van der Waals surface area contributed by atoms with Crippen LogP contribution in [0.4, 0.5) is 0 Å². The van der Waals surface area contributed by atoms with Gasteiger partial charge in [-0.05, 0) is 38.7 Å². The number of rotatable bonds is 4. The summed E-state index contributed by atoms with van der Waals surface area (Å²) in [6.07, 6.45) is 4.79. The van der Waals surface area contributed by atoms with Gasteiger partial charge >= 0.3 is 0 Å². The summed E-state index contributed by atoms with van der Waals surface area (Å²) >= 11 is 0. The zero-order chi connectivity index (χ0) is 15.5. The average Bonchev–Trinajstić information content (AvgIpc) is 2.49. The van der Waals surface area contributed by atoms with E-state index < -0.39 is 5.41 Å². The lowest BCUT2D eigenvalue weighted by Gasteiger charge is -2.33. The van der Waals surface area contributed by atoms with Gasteiger partial charge in [-0.25, -0.2) is 0 Å². The molecule has 0 radical (unpaired) electrons. The molecule has 1 aliphatic rings. The van der Waals surface area contributed by atoms with Gasteiger partial charge in [0, 0.05) is 11.6 Å². The summed E-state index contributed by atoms with van der Waals surface area (Å²) in [5.74, 6) is 1.43. The third-order valence-electron chi connectivity index (χ3n) is 4.78. The van der Waals surface area contributed by atoms with Crippen molar-refractivity contribution in [3.05, 3.63) is 29.8 Å². The summed E-state index contributed by atoms with van der Waals surface area (Å²) in [5, 5.41) is 3.26. The number of para-hydroxylation sites is 1. The largest absolute Gasteiger partial charge is 0.496 e. The molecule has 0 aromatic heterocycles. The Balaban J connectivity index is 2.16. The van der Waals surface area contributed by atoms with Crippen molar-refractivity contribution in [3.63, 3.8) is 0 Å². The maximum atomic E-state index is 12.8. The van der Waals surface area contributed by atoms with Crippen LogP contribution in [0, 0.1) is 5.92 Å². The monoisotopic (exact) mass is 289 g/mol. The molecule has 0 aliphatic heterocycles. The Morgan fingerprint density at radius 2 is 1.90 bits per heavy atom. The lowest BCUT2D eigenvalue weighted by atomic mass is 9.81. The molecule has 3 nitrogen and oxygen atoms in total. The standard InChI is InChI=1S/C18H27NO2/c1-13-9-5-7-11-15(13)19-17(20)18(2,3)14-10-6-8-12-16(14)21-4/h6,8,10,12-13,15H,5,7,9,11H2,1-4H3,(H,19,20). The molecule has 21 heavy (non-hydrogen) atoms. The van der Waals surface area contributed by atoms with Crippen molar-refractivity contribution in [2.24, 2.45) is 5.92 Å². The first-order valence-corrected chi connectivity index (χ1v) is 7.91. The fraction of sp³-hybridized carbons (Fsp3) is 0.611. The number of nitrogens with one attached hydrogen (secondary N) is 1. The van der Waals surface area contributed by atoms with E-state index in [2.05, 4.69) is 12.2 Å². The molecule has 116 valence electrons. The summed E-state index contributed by atoms with van der Waals surface area (Å²) in [6.45, 7) is 6.17. The fourth-order valence-corrected chi connectivity index (χ4v) is 3.16. The molecule has 0 spiro atoms. The number of carbonyl (C=O) groups is 1. The highest BCUT2D eigenvalue weighted by Gasteiger charge is 2.35. The summed E-state index contributed by atoms with van der Waals surface area (Å²) in [7, 11) is 1.65. The van der Waals surface area contributed by atoms with Crippen LogP contribution in [-0.2, 0) is 10.2 Å². The zero-order valence-corrected chi connectivity index (χ0v) is 13.6. The molecule has 1 aromatic carbocycles. The Labute approximate surface area is 128 Å². The second-order valence-corrected chi connectivity index (χ2v) is 6.67. The van der Waals surface area contributed by atoms with Crippen molar-refractivity contribution in [1.82, 2.24) is 5.32 Å². The second kappa shape index (κ2) is 6.50. The molecule has 1 aliphatic carbocycles. The van der Waals surface area contributed by atoms with Crippen molar-refractivity contribution in [2.75, 3.05) is 7.11 Å². The topological polar surface area (TPSA) is 38.3 Å². The summed E-state index contributed by atoms with van der Waals surface area (Å²) in [4.78, 5) is 12.8. The van der Waals surface area contributed by atoms with Crippen molar-refractivity contribution in [2.45, 2.75) is 57.9 Å². The number of carbonyl (C=O) groups excluding carboxylic acids is 1. The van der Waals surface area contributed by atoms with Crippen molar-refractivity contribution >= 4 is 5.91 Å². The number of ether oxygens (including phenoxy) is 1.